The van der Waals surface area contributed by atoms with Gasteiger partial charge in [0.1, 0.15) is 5.75 Å². The molecule has 0 saturated carbocycles. The standard InChI is InChI=1S/C18H23NO/c1-4-11-20-17-9-7-15(8-10-17)18-12-14(2)5-6-16(18)13-19-3/h5-10,12,19H,4,11,13H2,1-3H3. The van der Waals surface area contributed by atoms with E-state index in [9.17, 15) is 0 Å². The smallest absolute Gasteiger partial charge is 0.119 e. The van der Waals surface area contributed by atoms with Crippen molar-refractivity contribution in [2.24, 2.45) is 0 Å². The first kappa shape index (κ1) is 14.6. The Balaban J connectivity index is 2.28. The normalized spacial score (nSPS) is 10.6. The molecule has 0 spiro atoms. The summed E-state index contributed by atoms with van der Waals surface area (Å²) < 4.78 is 5.64. The summed E-state index contributed by atoms with van der Waals surface area (Å²) in [5, 5.41) is 3.23. The van der Waals surface area contributed by atoms with E-state index in [1.54, 1.807) is 0 Å². The van der Waals surface area contributed by atoms with Crippen LogP contribution in [0.4, 0.5) is 0 Å². The summed E-state index contributed by atoms with van der Waals surface area (Å²) in [5.41, 5.74) is 5.13. The van der Waals surface area contributed by atoms with Gasteiger partial charge in [0.15, 0.2) is 0 Å². The van der Waals surface area contributed by atoms with E-state index in [0.29, 0.717) is 0 Å². The Labute approximate surface area is 121 Å². The van der Waals surface area contributed by atoms with E-state index >= 15 is 0 Å². The number of hydrogen-bond donors (Lipinski definition) is 1. The van der Waals surface area contributed by atoms with Crippen LogP contribution >= 0.6 is 0 Å². The molecule has 106 valence electrons. The lowest BCUT2D eigenvalue weighted by molar-refractivity contribution is 0.317. The third-order valence-electron chi connectivity index (χ3n) is 3.27. The Morgan fingerprint density at radius 1 is 1.05 bits per heavy atom. The molecule has 1 N–H and O–H groups in total. The maximum absolute atomic E-state index is 5.64. The first-order chi connectivity index (χ1) is 9.74. The van der Waals surface area contributed by atoms with Gasteiger partial charge in [0.05, 0.1) is 6.61 Å². The topological polar surface area (TPSA) is 21.3 Å². The van der Waals surface area contributed by atoms with Crippen LogP contribution in [-0.2, 0) is 6.54 Å². The molecule has 0 aliphatic heterocycles. The highest BCUT2D eigenvalue weighted by atomic mass is 16.5. The minimum absolute atomic E-state index is 0.773. The molecule has 0 unspecified atom stereocenters. The average molecular weight is 269 g/mol. The SMILES string of the molecule is CCCOc1ccc(-c2cc(C)ccc2CNC)cc1. The van der Waals surface area contributed by atoms with Crippen LogP contribution in [0.15, 0.2) is 42.5 Å². The second-order valence-electron chi connectivity index (χ2n) is 5.06. The van der Waals surface area contributed by atoms with Crippen LogP contribution < -0.4 is 10.1 Å². The van der Waals surface area contributed by atoms with Gasteiger partial charge in [0, 0.05) is 6.54 Å². The van der Waals surface area contributed by atoms with Crippen LogP contribution in [0, 0.1) is 6.92 Å². The van der Waals surface area contributed by atoms with Crippen molar-refractivity contribution in [2.45, 2.75) is 26.8 Å². The fourth-order valence-corrected chi connectivity index (χ4v) is 2.25. The highest BCUT2D eigenvalue weighted by Crippen LogP contribution is 2.27. The lowest BCUT2D eigenvalue weighted by Crippen LogP contribution is -2.06. The highest BCUT2D eigenvalue weighted by Gasteiger charge is 2.05. The van der Waals surface area contributed by atoms with Crippen molar-refractivity contribution >= 4 is 0 Å². The zero-order valence-corrected chi connectivity index (χ0v) is 12.6. The molecule has 2 aromatic rings. The summed E-state index contributed by atoms with van der Waals surface area (Å²) in [5.74, 6) is 0.943. The Hall–Kier alpha value is -1.80. The van der Waals surface area contributed by atoms with E-state index in [2.05, 4.69) is 61.6 Å². The summed E-state index contributed by atoms with van der Waals surface area (Å²) in [6, 6.07) is 15.0. The first-order valence-corrected chi connectivity index (χ1v) is 7.22. The van der Waals surface area contributed by atoms with Gasteiger partial charge >= 0.3 is 0 Å². The van der Waals surface area contributed by atoms with Gasteiger partial charge in [0.2, 0.25) is 0 Å². The lowest BCUT2D eigenvalue weighted by atomic mass is 9.97. The van der Waals surface area contributed by atoms with E-state index in [1.807, 2.05) is 7.05 Å². The minimum atomic E-state index is 0.773. The molecule has 0 amide bonds. The third kappa shape index (κ3) is 3.61. The van der Waals surface area contributed by atoms with Gasteiger partial charge in [0.25, 0.3) is 0 Å². The van der Waals surface area contributed by atoms with Crippen LogP contribution in [0.5, 0.6) is 5.75 Å². The van der Waals surface area contributed by atoms with E-state index in [1.165, 1.54) is 22.3 Å². The summed E-state index contributed by atoms with van der Waals surface area (Å²) in [7, 11) is 1.98. The van der Waals surface area contributed by atoms with E-state index in [0.717, 1.165) is 25.3 Å². The monoisotopic (exact) mass is 269 g/mol. The van der Waals surface area contributed by atoms with Crippen molar-refractivity contribution in [1.29, 1.82) is 0 Å². The van der Waals surface area contributed by atoms with E-state index < -0.39 is 0 Å². The van der Waals surface area contributed by atoms with E-state index in [-0.39, 0.29) is 0 Å². The average Bonchev–Trinajstić information content (AvgIpc) is 2.48. The fourth-order valence-electron chi connectivity index (χ4n) is 2.25. The number of aryl methyl sites for hydroxylation is 1. The molecule has 0 aliphatic rings. The molecule has 2 aromatic carbocycles. The predicted molar refractivity (Wildman–Crippen MR) is 85.2 cm³/mol. The number of benzene rings is 2. The minimum Gasteiger partial charge on any atom is -0.494 e. The molecular weight excluding hydrogens is 246 g/mol. The Kier molecular flexibility index (Phi) is 5.19. The maximum atomic E-state index is 5.64. The number of rotatable bonds is 6. The lowest BCUT2D eigenvalue weighted by Gasteiger charge is -2.12. The number of hydrogen-bond acceptors (Lipinski definition) is 2. The highest BCUT2D eigenvalue weighted by molar-refractivity contribution is 5.68. The zero-order chi connectivity index (χ0) is 14.4. The van der Waals surface area contributed by atoms with Crippen molar-refractivity contribution in [3.05, 3.63) is 53.6 Å². The van der Waals surface area contributed by atoms with Crippen LogP contribution in [0.3, 0.4) is 0 Å². The first-order valence-electron chi connectivity index (χ1n) is 7.22. The molecule has 2 heteroatoms. The summed E-state index contributed by atoms with van der Waals surface area (Å²) in [6.07, 6.45) is 1.03. The molecule has 0 saturated heterocycles. The Morgan fingerprint density at radius 3 is 2.45 bits per heavy atom. The maximum Gasteiger partial charge on any atom is 0.119 e. The van der Waals surface area contributed by atoms with Crippen molar-refractivity contribution in [3.63, 3.8) is 0 Å². The van der Waals surface area contributed by atoms with Crippen molar-refractivity contribution < 1.29 is 4.74 Å². The molecule has 0 fully saturated rings. The predicted octanol–water partition coefficient (Wildman–Crippen LogP) is 4.17. The largest absolute Gasteiger partial charge is 0.494 e. The Morgan fingerprint density at radius 2 is 1.80 bits per heavy atom. The quantitative estimate of drug-likeness (QED) is 0.849. The molecule has 0 aliphatic carbocycles. The van der Waals surface area contributed by atoms with E-state index in [4.69, 9.17) is 4.74 Å². The van der Waals surface area contributed by atoms with Crippen LogP contribution in [0.2, 0.25) is 0 Å². The van der Waals surface area contributed by atoms with Crippen LogP contribution in [0.25, 0.3) is 11.1 Å². The van der Waals surface area contributed by atoms with Gasteiger partial charge in [-0.2, -0.15) is 0 Å². The molecule has 0 radical (unpaired) electrons. The van der Waals surface area contributed by atoms with Gasteiger partial charge < -0.3 is 10.1 Å². The fraction of sp³-hybridized carbons (Fsp3) is 0.333. The summed E-state index contributed by atoms with van der Waals surface area (Å²) in [4.78, 5) is 0. The Bertz CT molecular complexity index is 546. The van der Waals surface area contributed by atoms with Crippen LogP contribution in [-0.4, -0.2) is 13.7 Å². The molecule has 2 rings (SSSR count). The van der Waals surface area contributed by atoms with Crippen molar-refractivity contribution in [3.8, 4) is 16.9 Å². The summed E-state index contributed by atoms with van der Waals surface area (Å²) >= 11 is 0. The molecule has 2 nitrogen and oxygen atoms in total. The molecule has 0 bridgehead atoms. The second-order valence-corrected chi connectivity index (χ2v) is 5.06. The molecule has 0 aromatic heterocycles. The van der Waals surface area contributed by atoms with Gasteiger partial charge in [-0.05, 0) is 49.2 Å². The third-order valence-corrected chi connectivity index (χ3v) is 3.27. The van der Waals surface area contributed by atoms with Crippen molar-refractivity contribution in [2.75, 3.05) is 13.7 Å². The number of nitrogens with one attached hydrogen (secondary N) is 1. The molecule has 0 atom stereocenters. The molecular formula is C18H23NO. The van der Waals surface area contributed by atoms with Gasteiger partial charge in [-0.3, -0.25) is 0 Å². The molecule has 20 heavy (non-hydrogen) atoms. The zero-order valence-electron chi connectivity index (χ0n) is 12.6. The molecule has 0 heterocycles. The van der Waals surface area contributed by atoms with Gasteiger partial charge in [-0.25, -0.2) is 0 Å². The van der Waals surface area contributed by atoms with Gasteiger partial charge in [-0.1, -0.05) is 42.8 Å². The van der Waals surface area contributed by atoms with Crippen molar-refractivity contribution in [1.82, 2.24) is 5.32 Å². The summed E-state index contributed by atoms with van der Waals surface area (Å²) in [6.45, 7) is 5.90. The number of ether oxygens (including phenoxy) is 1. The van der Waals surface area contributed by atoms with Crippen LogP contribution in [0.1, 0.15) is 24.5 Å². The van der Waals surface area contributed by atoms with Gasteiger partial charge in [-0.15, -0.1) is 0 Å². The second kappa shape index (κ2) is 7.11.